The minimum absolute atomic E-state index is 0.222. The molecule has 1 heterocycles. The van der Waals surface area contributed by atoms with Crippen LogP contribution in [0.5, 0.6) is 0 Å². The van der Waals surface area contributed by atoms with Crippen LogP contribution in [0.15, 0.2) is 18.5 Å². The number of hydrogen-bond donors (Lipinski definition) is 2. The first-order valence-corrected chi connectivity index (χ1v) is 5.37. The summed E-state index contributed by atoms with van der Waals surface area (Å²) < 4.78 is 1.77. The van der Waals surface area contributed by atoms with Gasteiger partial charge in [0, 0.05) is 25.5 Å². The molecule has 0 atom stereocenters. The lowest BCUT2D eigenvalue weighted by molar-refractivity contribution is -0.117. The van der Waals surface area contributed by atoms with Gasteiger partial charge < -0.3 is 5.32 Å². The molecule has 0 unspecified atom stereocenters. The molecule has 0 bridgehead atoms. The zero-order valence-corrected chi connectivity index (χ0v) is 9.41. The molecule has 7 heteroatoms. The van der Waals surface area contributed by atoms with Crippen molar-refractivity contribution in [3.63, 3.8) is 0 Å². The summed E-state index contributed by atoms with van der Waals surface area (Å²) >= 11 is 5.22. The van der Waals surface area contributed by atoms with Gasteiger partial charge in [0.1, 0.15) is 5.88 Å². The van der Waals surface area contributed by atoms with Crippen LogP contribution in [0.2, 0.25) is 0 Å². The van der Waals surface area contributed by atoms with Crippen molar-refractivity contribution in [3.05, 3.63) is 18.5 Å². The Balaban J connectivity index is 2.07. The molecule has 0 aliphatic rings. The first-order valence-electron chi connectivity index (χ1n) is 4.83. The summed E-state index contributed by atoms with van der Waals surface area (Å²) in [7, 11) is 0. The van der Waals surface area contributed by atoms with E-state index in [1.807, 2.05) is 12.3 Å². The topological polar surface area (TPSA) is 76.0 Å². The number of rotatable bonds is 5. The van der Waals surface area contributed by atoms with E-state index in [9.17, 15) is 9.59 Å². The molecule has 88 valence electrons. The Morgan fingerprint density at radius 1 is 1.44 bits per heavy atom. The van der Waals surface area contributed by atoms with Crippen molar-refractivity contribution >= 4 is 23.5 Å². The Hall–Kier alpha value is -1.56. The van der Waals surface area contributed by atoms with Crippen LogP contribution < -0.4 is 10.6 Å². The molecular weight excluding hydrogens is 232 g/mol. The third-order valence-electron chi connectivity index (χ3n) is 1.78. The smallest absolute Gasteiger partial charge is 0.321 e. The van der Waals surface area contributed by atoms with Gasteiger partial charge in [0.05, 0.1) is 0 Å². The Bertz CT molecular complexity index is 339. The van der Waals surface area contributed by atoms with Crippen molar-refractivity contribution in [3.8, 4) is 0 Å². The number of urea groups is 1. The molecule has 2 N–H and O–H groups in total. The van der Waals surface area contributed by atoms with Gasteiger partial charge in [0.15, 0.2) is 0 Å². The molecule has 0 spiro atoms. The SMILES string of the molecule is O=C(CCl)NC(=O)NCCCn1cccn1. The van der Waals surface area contributed by atoms with Crippen molar-refractivity contribution in [2.45, 2.75) is 13.0 Å². The van der Waals surface area contributed by atoms with Gasteiger partial charge in [-0.3, -0.25) is 14.8 Å². The zero-order valence-electron chi connectivity index (χ0n) is 8.65. The monoisotopic (exact) mass is 244 g/mol. The maximum Gasteiger partial charge on any atom is 0.321 e. The van der Waals surface area contributed by atoms with Gasteiger partial charge in [0.25, 0.3) is 0 Å². The van der Waals surface area contributed by atoms with Crippen LogP contribution >= 0.6 is 11.6 Å². The number of nitrogens with zero attached hydrogens (tertiary/aromatic N) is 2. The molecule has 0 radical (unpaired) electrons. The molecule has 1 rings (SSSR count). The maximum absolute atomic E-state index is 11.0. The third-order valence-corrected chi connectivity index (χ3v) is 2.03. The van der Waals surface area contributed by atoms with Crippen LogP contribution in [0.3, 0.4) is 0 Å². The first-order chi connectivity index (χ1) is 7.72. The zero-order chi connectivity index (χ0) is 11.8. The lowest BCUT2D eigenvalue weighted by Crippen LogP contribution is -2.40. The van der Waals surface area contributed by atoms with Crippen molar-refractivity contribution in [1.29, 1.82) is 0 Å². The van der Waals surface area contributed by atoms with E-state index in [2.05, 4.69) is 15.7 Å². The molecule has 0 saturated carbocycles. The number of imide groups is 1. The summed E-state index contributed by atoms with van der Waals surface area (Å²) in [5.74, 6) is -0.730. The number of hydrogen-bond acceptors (Lipinski definition) is 3. The lowest BCUT2D eigenvalue weighted by Gasteiger charge is -2.05. The van der Waals surface area contributed by atoms with Crippen LogP contribution in [0.4, 0.5) is 4.79 Å². The molecular formula is C9H13ClN4O2. The number of amides is 3. The number of aryl methyl sites for hydroxylation is 1. The van der Waals surface area contributed by atoms with Gasteiger partial charge in [-0.1, -0.05) is 0 Å². The van der Waals surface area contributed by atoms with Gasteiger partial charge in [-0.05, 0) is 12.5 Å². The molecule has 0 aliphatic heterocycles. The largest absolute Gasteiger partial charge is 0.338 e. The summed E-state index contributed by atoms with van der Waals surface area (Å²) in [6.45, 7) is 1.19. The predicted octanol–water partition coefficient (Wildman–Crippen LogP) is 0.338. The highest BCUT2D eigenvalue weighted by atomic mass is 35.5. The molecule has 0 fully saturated rings. The van der Waals surface area contributed by atoms with E-state index in [4.69, 9.17) is 11.6 Å². The Morgan fingerprint density at radius 2 is 2.25 bits per heavy atom. The summed E-state index contributed by atoms with van der Waals surface area (Å²) in [6, 6.07) is 1.31. The van der Waals surface area contributed by atoms with Crippen LogP contribution in [0, 0.1) is 0 Å². The highest BCUT2D eigenvalue weighted by Gasteiger charge is 2.04. The Labute approximate surface area is 98.0 Å². The summed E-state index contributed by atoms with van der Waals surface area (Å²) in [6.07, 6.45) is 4.28. The number of aromatic nitrogens is 2. The quantitative estimate of drug-likeness (QED) is 0.579. The summed E-state index contributed by atoms with van der Waals surface area (Å²) in [5.41, 5.74) is 0. The third kappa shape index (κ3) is 4.79. The molecule has 0 saturated heterocycles. The van der Waals surface area contributed by atoms with Crippen molar-refractivity contribution in [2.24, 2.45) is 0 Å². The van der Waals surface area contributed by atoms with Gasteiger partial charge in [0.2, 0.25) is 5.91 Å². The van der Waals surface area contributed by atoms with E-state index in [0.717, 1.165) is 13.0 Å². The van der Waals surface area contributed by atoms with Gasteiger partial charge in [-0.25, -0.2) is 4.79 Å². The molecule has 1 aromatic heterocycles. The molecule has 0 aromatic carbocycles. The van der Waals surface area contributed by atoms with Crippen molar-refractivity contribution in [2.75, 3.05) is 12.4 Å². The van der Waals surface area contributed by atoms with Crippen LogP contribution in [0.25, 0.3) is 0 Å². The molecule has 6 nitrogen and oxygen atoms in total. The second kappa shape index (κ2) is 6.84. The Kier molecular flexibility index (Phi) is 5.35. The fourth-order valence-corrected chi connectivity index (χ4v) is 1.15. The van der Waals surface area contributed by atoms with E-state index < -0.39 is 11.9 Å². The van der Waals surface area contributed by atoms with E-state index in [-0.39, 0.29) is 5.88 Å². The van der Waals surface area contributed by atoms with E-state index in [1.165, 1.54) is 0 Å². The fraction of sp³-hybridized carbons (Fsp3) is 0.444. The summed E-state index contributed by atoms with van der Waals surface area (Å²) in [5, 5.41) is 8.63. The Morgan fingerprint density at radius 3 is 2.88 bits per heavy atom. The van der Waals surface area contributed by atoms with Gasteiger partial charge in [-0.15, -0.1) is 11.6 Å². The minimum atomic E-state index is -0.522. The average molecular weight is 245 g/mol. The number of carbonyl (C=O) groups excluding carboxylic acids is 2. The van der Waals surface area contributed by atoms with Crippen LogP contribution in [-0.2, 0) is 11.3 Å². The van der Waals surface area contributed by atoms with E-state index in [1.54, 1.807) is 10.9 Å². The summed E-state index contributed by atoms with van der Waals surface area (Å²) in [4.78, 5) is 21.8. The van der Waals surface area contributed by atoms with E-state index in [0.29, 0.717) is 6.54 Å². The number of carbonyl (C=O) groups is 2. The van der Waals surface area contributed by atoms with Crippen LogP contribution in [0.1, 0.15) is 6.42 Å². The molecule has 0 aliphatic carbocycles. The second-order valence-corrected chi connectivity index (χ2v) is 3.33. The first kappa shape index (κ1) is 12.5. The maximum atomic E-state index is 11.0. The number of alkyl halides is 1. The minimum Gasteiger partial charge on any atom is -0.338 e. The average Bonchev–Trinajstić information content (AvgIpc) is 2.77. The number of halogens is 1. The molecule has 3 amide bonds. The fourth-order valence-electron chi connectivity index (χ4n) is 1.08. The predicted molar refractivity (Wildman–Crippen MR) is 59.1 cm³/mol. The van der Waals surface area contributed by atoms with Crippen molar-refractivity contribution < 1.29 is 9.59 Å². The van der Waals surface area contributed by atoms with Crippen LogP contribution in [-0.4, -0.2) is 34.1 Å². The van der Waals surface area contributed by atoms with Crippen molar-refractivity contribution in [1.82, 2.24) is 20.4 Å². The highest BCUT2D eigenvalue weighted by molar-refractivity contribution is 6.28. The van der Waals surface area contributed by atoms with E-state index >= 15 is 0 Å². The van der Waals surface area contributed by atoms with Gasteiger partial charge >= 0.3 is 6.03 Å². The standard InChI is InChI=1S/C9H13ClN4O2/c10-7-8(15)13-9(16)11-3-1-5-14-6-2-4-12-14/h2,4,6H,1,3,5,7H2,(H2,11,13,15,16). The van der Waals surface area contributed by atoms with Gasteiger partial charge in [-0.2, -0.15) is 5.10 Å². The lowest BCUT2D eigenvalue weighted by atomic mass is 10.4. The number of nitrogens with one attached hydrogen (secondary N) is 2. The normalized spacial score (nSPS) is 9.81. The highest BCUT2D eigenvalue weighted by Crippen LogP contribution is 1.87. The molecule has 1 aromatic rings. The second-order valence-electron chi connectivity index (χ2n) is 3.06. The molecule has 16 heavy (non-hydrogen) atoms.